The van der Waals surface area contributed by atoms with Gasteiger partial charge in [0, 0.05) is 23.5 Å². The van der Waals surface area contributed by atoms with Crippen LogP contribution in [0.2, 0.25) is 0 Å². The summed E-state index contributed by atoms with van der Waals surface area (Å²) in [4.78, 5) is 0. The number of nitrogens with one attached hydrogen (secondary N) is 2. The van der Waals surface area contributed by atoms with Crippen molar-refractivity contribution in [3.63, 3.8) is 0 Å². The molecule has 2 N–H and O–H groups in total. The quantitative estimate of drug-likeness (QED) is 0.822. The topological polar surface area (TPSA) is 40.7 Å². The van der Waals surface area contributed by atoms with E-state index in [-0.39, 0.29) is 0 Å². The molecule has 1 aliphatic heterocycles. The number of H-pyrrole nitrogens is 1. The molecule has 1 aromatic heterocycles. The van der Waals surface area contributed by atoms with Gasteiger partial charge in [0.05, 0.1) is 11.1 Å². The highest BCUT2D eigenvalue weighted by atomic mass is 19.4. The fourth-order valence-electron chi connectivity index (χ4n) is 2.42. The van der Waals surface area contributed by atoms with E-state index in [9.17, 15) is 13.2 Å². The number of benzene rings is 1. The Bertz CT molecular complexity index is 567. The van der Waals surface area contributed by atoms with Crippen LogP contribution >= 0.6 is 0 Å². The molecular formula is C12H12F3N3. The second-order valence-corrected chi connectivity index (χ2v) is 4.56. The van der Waals surface area contributed by atoms with Crippen LogP contribution in [0.15, 0.2) is 18.2 Å². The molecule has 6 heteroatoms. The van der Waals surface area contributed by atoms with Crippen molar-refractivity contribution >= 4 is 10.9 Å². The second kappa shape index (κ2) is 3.98. The molecule has 1 fully saturated rings. The molecule has 2 aromatic rings. The average molecular weight is 255 g/mol. The van der Waals surface area contributed by atoms with E-state index in [4.69, 9.17) is 0 Å². The van der Waals surface area contributed by atoms with Crippen molar-refractivity contribution in [2.24, 2.45) is 0 Å². The SMILES string of the molecule is FC(F)(F)c1ccc2c(C3CCNC3)[nH]nc2c1. The molecular weight excluding hydrogens is 243 g/mol. The van der Waals surface area contributed by atoms with Crippen LogP contribution in [0.5, 0.6) is 0 Å². The predicted molar refractivity (Wildman–Crippen MR) is 61.3 cm³/mol. The monoisotopic (exact) mass is 255 g/mol. The van der Waals surface area contributed by atoms with E-state index in [1.165, 1.54) is 6.07 Å². The van der Waals surface area contributed by atoms with E-state index in [0.717, 1.165) is 42.7 Å². The molecule has 3 rings (SSSR count). The Kier molecular flexibility index (Phi) is 2.55. The first-order valence-corrected chi connectivity index (χ1v) is 5.81. The molecule has 1 aliphatic rings. The van der Waals surface area contributed by atoms with Gasteiger partial charge in [-0.2, -0.15) is 18.3 Å². The third-order valence-electron chi connectivity index (χ3n) is 3.38. The van der Waals surface area contributed by atoms with Crippen LogP contribution < -0.4 is 5.32 Å². The summed E-state index contributed by atoms with van der Waals surface area (Å²) < 4.78 is 37.7. The van der Waals surface area contributed by atoms with Gasteiger partial charge in [0.25, 0.3) is 0 Å². The minimum Gasteiger partial charge on any atom is -0.316 e. The van der Waals surface area contributed by atoms with Gasteiger partial charge in [-0.25, -0.2) is 0 Å². The van der Waals surface area contributed by atoms with Gasteiger partial charge in [0.15, 0.2) is 0 Å². The lowest BCUT2D eigenvalue weighted by Crippen LogP contribution is -2.08. The molecule has 18 heavy (non-hydrogen) atoms. The third-order valence-corrected chi connectivity index (χ3v) is 3.38. The van der Waals surface area contributed by atoms with Crippen molar-refractivity contribution in [3.05, 3.63) is 29.5 Å². The number of nitrogens with zero attached hydrogens (tertiary/aromatic N) is 1. The van der Waals surface area contributed by atoms with E-state index in [1.54, 1.807) is 0 Å². The first kappa shape index (κ1) is 11.5. The summed E-state index contributed by atoms with van der Waals surface area (Å²) in [7, 11) is 0. The van der Waals surface area contributed by atoms with Gasteiger partial charge in [-0.1, -0.05) is 6.07 Å². The smallest absolute Gasteiger partial charge is 0.316 e. The van der Waals surface area contributed by atoms with E-state index in [2.05, 4.69) is 15.5 Å². The maximum absolute atomic E-state index is 12.6. The Morgan fingerprint density at radius 1 is 1.28 bits per heavy atom. The molecule has 0 amide bonds. The van der Waals surface area contributed by atoms with E-state index in [1.807, 2.05) is 0 Å². The number of rotatable bonds is 1. The molecule has 3 nitrogen and oxygen atoms in total. The van der Waals surface area contributed by atoms with Crippen molar-refractivity contribution in [2.75, 3.05) is 13.1 Å². The Hall–Kier alpha value is -1.56. The standard InChI is InChI=1S/C12H12F3N3/c13-12(14,15)8-1-2-9-10(5-8)17-18-11(9)7-3-4-16-6-7/h1-2,5,7,16H,3-4,6H2,(H,17,18). The zero-order valence-corrected chi connectivity index (χ0v) is 9.51. The molecule has 2 heterocycles. The van der Waals surface area contributed by atoms with Gasteiger partial charge in [-0.05, 0) is 25.1 Å². The summed E-state index contributed by atoms with van der Waals surface area (Å²) in [5.74, 6) is 0.312. The second-order valence-electron chi connectivity index (χ2n) is 4.56. The molecule has 0 spiro atoms. The molecule has 0 aliphatic carbocycles. The van der Waals surface area contributed by atoms with Crippen LogP contribution in [-0.4, -0.2) is 23.3 Å². The Labute approximate surface area is 101 Å². The van der Waals surface area contributed by atoms with Crippen molar-refractivity contribution in [1.82, 2.24) is 15.5 Å². The number of aromatic nitrogens is 2. The summed E-state index contributed by atoms with van der Waals surface area (Å²) in [6, 6.07) is 3.72. The molecule has 1 atom stereocenters. The van der Waals surface area contributed by atoms with Crippen molar-refractivity contribution in [3.8, 4) is 0 Å². The van der Waals surface area contributed by atoms with Gasteiger partial charge in [-0.3, -0.25) is 5.10 Å². The highest BCUT2D eigenvalue weighted by Gasteiger charge is 2.31. The third kappa shape index (κ3) is 1.86. The van der Waals surface area contributed by atoms with E-state index >= 15 is 0 Å². The highest BCUT2D eigenvalue weighted by molar-refractivity contribution is 5.82. The molecule has 96 valence electrons. The van der Waals surface area contributed by atoms with E-state index in [0.29, 0.717) is 11.4 Å². The van der Waals surface area contributed by atoms with Crippen LogP contribution in [0, 0.1) is 0 Å². The fraction of sp³-hybridized carbons (Fsp3) is 0.417. The van der Waals surface area contributed by atoms with Crippen molar-refractivity contribution < 1.29 is 13.2 Å². The summed E-state index contributed by atoms with van der Waals surface area (Å²) in [5.41, 5.74) is 0.660. The van der Waals surface area contributed by atoms with Crippen LogP contribution in [0.3, 0.4) is 0 Å². The molecule has 1 saturated heterocycles. The van der Waals surface area contributed by atoms with Crippen LogP contribution in [0.25, 0.3) is 10.9 Å². The summed E-state index contributed by atoms with van der Waals surface area (Å²) in [6.45, 7) is 1.78. The Morgan fingerprint density at radius 2 is 2.11 bits per heavy atom. The first-order valence-electron chi connectivity index (χ1n) is 5.81. The average Bonchev–Trinajstić information content (AvgIpc) is 2.95. The zero-order chi connectivity index (χ0) is 12.8. The number of fused-ring (bicyclic) bond motifs is 1. The van der Waals surface area contributed by atoms with Gasteiger partial charge >= 0.3 is 6.18 Å². The number of alkyl halides is 3. The van der Waals surface area contributed by atoms with Gasteiger partial charge in [-0.15, -0.1) is 0 Å². The van der Waals surface area contributed by atoms with Crippen molar-refractivity contribution in [1.29, 1.82) is 0 Å². The largest absolute Gasteiger partial charge is 0.416 e. The highest BCUT2D eigenvalue weighted by Crippen LogP contribution is 2.33. The van der Waals surface area contributed by atoms with E-state index < -0.39 is 11.7 Å². The van der Waals surface area contributed by atoms with Crippen LogP contribution in [0.1, 0.15) is 23.6 Å². The summed E-state index contributed by atoms with van der Waals surface area (Å²) in [5, 5.41) is 10.9. The lowest BCUT2D eigenvalue weighted by Gasteiger charge is -2.07. The maximum atomic E-state index is 12.6. The fourth-order valence-corrected chi connectivity index (χ4v) is 2.42. The number of hydrogen-bond donors (Lipinski definition) is 2. The van der Waals surface area contributed by atoms with Crippen molar-refractivity contribution in [2.45, 2.75) is 18.5 Å². The normalized spacial score (nSPS) is 20.7. The van der Waals surface area contributed by atoms with Gasteiger partial charge in [0.2, 0.25) is 0 Å². The minimum absolute atomic E-state index is 0.312. The number of halogens is 3. The maximum Gasteiger partial charge on any atom is 0.416 e. The molecule has 0 saturated carbocycles. The minimum atomic E-state index is -4.32. The lowest BCUT2D eigenvalue weighted by molar-refractivity contribution is -0.137. The molecule has 0 radical (unpaired) electrons. The van der Waals surface area contributed by atoms with Crippen LogP contribution in [0.4, 0.5) is 13.2 Å². The summed E-state index contributed by atoms with van der Waals surface area (Å²) in [6.07, 6.45) is -3.33. The Balaban J connectivity index is 2.05. The van der Waals surface area contributed by atoms with Gasteiger partial charge in [0.1, 0.15) is 0 Å². The summed E-state index contributed by atoms with van der Waals surface area (Å²) >= 11 is 0. The van der Waals surface area contributed by atoms with Gasteiger partial charge < -0.3 is 5.32 Å². The Morgan fingerprint density at radius 3 is 2.78 bits per heavy atom. The lowest BCUT2D eigenvalue weighted by atomic mass is 10.0. The van der Waals surface area contributed by atoms with Crippen LogP contribution in [-0.2, 0) is 6.18 Å². The number of hydrogen-bond acceptors (Lipinski definition) is 2. The predicted octanol–water partition coefficient (Wildman–Crippen LogP) is 2.66. The number of aromatic amines is 1. The molecule has 1 aromatic carbocycles. The molecule has 1 unspecified atom stereocenters. The first-order chi connectivity index (χ1) is 8.55. The zero-order valence-electron chi connectivity index (χ0n) is 9.51. The molecule has 0 bridgehead atoms.